The van der Waals surface area contributed by atoms with E-state index in [-0.39, 0.29) is 11.6 Å². The zero-order valence-corrected chi connectivity index (χ0v) is 20.8. The van der Waals surface area contributed by atoms with E-state index < -0.39 is 0 Å². The number of methoxy groups -OCH3 is 2. The largest absolute Gasteiger partial charge is 0.497 e. The Morgan fingerprint density at radius 2 is 1.83 bits per heavy atom. The van der Waals surface area contributed by atoms with Gasteiger partial charge in [-0.2, -0.15) is 0 Å². The molecule has 0 saturated carbocycles. The smallest absolute Gasteiger partial charge is 0.253 e. The number of nitrogens with zero attached hydrogens (tertiary/aromatic N) is 6. The molecule has 0 bridgehead atoms. The van der Waals surface area contributed by atoms with Crippen molar-refractivity contribution in [1.82, 2.24) is 30.1 Å². The van der Waals surface area contributed by atoms with Gasteiger partial charge in [0.15, 0.2) is 5.82 Å². The number of anilines is 1. The van der Waals surface area contributed by atoms with Gasteiger partial charge in [0.25, 0.3) is 5.56 Å². The molecule has 0 amide bonds. The Hall–Kier alpha value is -3.76. The number of aryl methyl sites for hydroxylation is 1. The summed E-state index contributed by atoms with van der Waals surface area (Å²) >= 11 is 0. The van der Waals surface area contributed by atoms with Crippen LogP contribution in [0.5, 0.6) is 5.75 Å². The van der Waals surface area contributed by atoms with Crippen molar-refractivity contribution in [2.45, 2.75) is 19.5 Å². The number of H-pyrrole nitrogens is 1. The van der Waals surface area contributed by atoms with Gasteiger partial charge in [0, 0.05) is 44.5 Å². The molecule has 0 aliphatic carbocycles. The van der Waals surface area contributed by atoms with Gasteiger partial charge in [-0.25, -0.2) is 4.68 Å². The maximum absolute atomic E-state index is 13.4. The number of nitrogens with one attached hydrogen (secondary N) is 1. The van der Waals surface area contributed by atoms with E-state index in [1.54, 1.807) is 18.9 Å². The molecular weight excluding hydrogens is 458 g/mol. The van der Waals surface area contributed by atoms with Gasteiger partial charge in [-0.05, 0) is 58.6 Å². The van der Waals surface area contributed by atoms with E-state index >= 15 is 0 Å². The van der Waals surface area contributed by atoms with Crippen molar-refractivity contribution in [2.24, 2.45) is 0 Å². The van der Waals surface area contributed by atoms with E-state index in [0.29, 0.717) is 24.5 Å². The molecule has 4 aromatic rings. The second-order valence-electron chi connectivity index (χ2n) is 8.97. The van der Waals surface area contributed by atoms with Crippen molar-refractivity contribution >= 4 is 16.6 Å². The molecule has 0 spiro atoms. The lowest BCUT2D eigenvalue weighted by Gasteiger charge is -2.39. The monoisotopic (exact) mass is 489 g/mol. The third-order valence-corrected chi connectivity index (χ3v) is 6.84. The van der Waals surface area contributed by atoms with Crippen LogP contribution < -0.4 is 15.2 Å². The highest BCUT2D eigenvalue weighted by molar-refractivity contribution is 5.82. The summed E-state index contributed by atoms with van der Waals surface area (Å²) in [5.74, 6) is 1.48. The molecule has 2 aromatic heterocycles. The summed E-state index contributed by atoms with van der Waals surface area (Å²) in [4.78, 5) is 21.2. The van der Waals surface area contributed by atoms with E-state index in [2.05, 4.69) is 42.4 Å². The van der Waals surface area contributed by atoms with E-state index in [9.17, 15) is 4.79 Å². The van der Waals surface area contributed by atoms with Gasteiger partial charge in [-0.3, -0.25) is 9.69 Å². The summed E-state index contributed by atoms with van der Waals surface area (Å²) in [7, 11) is 3.32. The van der Waals surface area contributed by atoms with Crippen LogP contribution in [0.3, 0.4) is 0 Å². The van der Waals surface area contributed by atoms with Gasteiger partial charge in [0.2, 0.25) is 0 Å². The van der Waals surface area contributed by atoms with Crippen LogP contribution in [0, 0.1) is 6.92 Å². The van der Waals surface area contributed by atoms with Crippen LogP contribution in [0.4, 0.5) is 5.69 Å². The van der Waals surface area contributed by atoms with Crippen molar-refractivity contribution in [2.75, 3.05) is 51.9 Å². The molecule has 1 saturated heterocycles. The van der Waals surface area contributed by atoms with Gasteiger partial charge in [-0.1, -0.05) is 18.2 Å². The van der Waals surface area contributed by atoms with Crippen LogP contribution in [0.1, 0.15) is 23.0 Å². The van der Waals surface area contributed by atoms with E-state index in [1.165, 1.54) is 0 Å². The molecular formula is C26H31N7O3. The number of pyridine rings is 1. The van der Waals surface area contributed by atoms with Gasteiger partial charge in [-0.15, -0.1) is 5.10 Å². The summed E-state index contributed by atoms with van der Waals surface area (Å²) in [6.45, 7) is 6.10. The topological polar surface area (TPSA) is 101 Å². The Bertz CT molecular complexity index is 1370. The Balaban J connectivity index is 1.49. The SMILES string of the molecule is COCCn1nnnc1[C@H](c1cc2cccc(C)c2[nH]c1=O)N1CCN(c2ccc(OC)cc2)CC1. The maximum Gasteiger partial charge on any atom is 0.253 e. The number of piperazine rings is 1. The number of tetrazole rings is 1. The summed E-state index contributed by atoms with van der Waals surface area (Å²) in [5, 5.41) is 13.5. The van der Waals surface area contributed by atoms with Crippen LogP contribution in [0.25, 0.3) is 10.9 Å². The van der Waals surface area contributed by atoms with Gasteiger partial charge in [0.1, 0.15) is 11.8 Å². The van der Waals surface area contributed by atoms with Gasteiger partial charge < -0.3 is 19.4 Å². The first-order valence-electron chi connectivity index (χ1n) is 12.1. The molecule has 36 heavy (non-hydrogen) atoms. The van der Waals surface area contributed by atoms with Crippen molar-refractivity contribution in [3.05, 3.63) is 75.8 Å². The molecule has 0 unspecified atom stereocenters. The highest BCUT2D eigenvalue weighted by Gasteiger charge is 2.32. The molecule has 1 aliphatic heterocycles. The van der Waals surface area contributed by atoms with Crippen molar-refractivity contribution in [1.29, 1.82) is 0 Å². The van der Waals surface area contributed by atoms with E-state index in [1.807, 2.05) is 43.3 Å². The van der Waals surface area contributed by atoms with Crippen molar-refractivity contribution in [3.63, 3.8) is 0 Å². The number of ether oxygens (including phenoxy) is 2. The van der Waals surface area contributed by atoms with E-state index in [4.69, 9.17) is 9.47 Å². The minimum Gasteiger partial charge on any atom is -0.497 e. The van der Waals surface area contributed by atoms with Gasteiger partial charge >= 0.3 is 0 Å². The number of para-hydroxylation sites is 1. The predicted octanol–water partition coefficient (Wildman–Crippen LogP) is 2.39. The maximum atomic E-state index is 13.4. The number of benzene rings is 2. The van der Waals surface area contributed by atoms with Crippen molar-refractivity contribution in [3.8, 4) is 5.75 Å². The quantitative estimate of drug-likeness (QED) is 0.403. The highest BCUT2D eigenvalue weighted by Crippen LogP contribution is 2.29. The molecule has 0 radical (unpaired) electrons. The fraction of sp³-hybridized carbons (Fsp3) is 0.385. The summed E-state index contributed by atoms with van der Waals surface area (Å²) < 4.78 is 12.3. The first-order chi connectivity index (χ1) is 17.6. The third-order valence-electron chi connectivity index (χ3n) is 6.84. The number of hydrogen-bond donors (Lipinski definition) is 1. The average Bonchev–Trinajstić information content (AvgIpc) is 3.37. The summed E-state index contributed by atoms with van der Waals surface area (Å²) in [6.07, 6.45) is 0. The number of aromatic nitrogens is 5. The number of fused-ring (bicyclic) bond motifs is 1. The van der Waals surface area contributed by atoms with Gasteiger partial charge in [0.05, 0.1) is 25.8 Å². The number of rotatable bonds is 8. The fourth-order valence-electron chi connectivity index (χ4n) is 4.88. The Labute approximate surface area is 209 Å². The Morgan fingerprint density at radius 1 is 1.06 bits per heavy atom. The molecule has 5 rings (SSSR count). The predicted molar refractivity (Wildman–Crippen MR) is 138 cm³/mol. The Morgan fingerprint density at radius 3 is 2.56 bits per heavy atom. The third kappa shape index (κ3) is 4.69. The normalized spacial score (nSPS) is 15.4. The van der Waals surface area contributed by atoms with Crippen LogP contribution in [-0.4, -0.2) is 77.1 Å². The molecule has 1 N–H and O–H groups in total. The molecule has 2 aromatic carbocycles. The summed E-state index contributed by atoms with van der Waals surface area (Å²) in [5.41, 5.74) is 3.55. The second-order valence-corrected chi connectivity index (χ2v) is 8.97. The molecule has 188 valence electrons. The fourth-order valence-corrected chi connectivity index (χ4v) is 4.88. The zero-order chi connectivity index (χ0) is 25.1. The van der Waals surface area contributed by atoms with Crippen LogP contribution in [-0.2, 0) is 11.3 Å². The lowest BCUT2D eigenvalue weighted by Crippen LogP contribution is -2.49. The minimum atomic E-state index is -0.386. The first-order valence-corrected chi connectivity index (χ1v) is 12.1. The van der Waals surface area contributed by atoms with Crippen LogP contribution in [0.15, 0.2) is 53.3 Å². The van der Waals surface area contributed by atoms with Crippen LogP contribution >= 0.6 is 0 Å². The van der Waals surface area contributed by atoms with Crippen LogP contribution in [0.2, 0.25) is 0 Å². The zero-order valence-electron chi connectivity index (χ0n) is 20.8. The van der Waals surface area contributed by atoms with E-state index in [0.717, 1.165) is 54.1 Å². The number of hydrogen-bond acceptors (Lipinski definition) is 8. The molecule has 3 heterocycles. The number of aromatic amines is 1. The lowest BCUT2D eigenvalue weighted by atomic mass is 10.0. The minimum absolute atomic E-state index is 0.124. The van der Waals surface area contributed by atoms with Crippen molar-refractivity contribution < 1.29 is 9.47 Å². The lowest BCUT2D eigenvalue weighted by molar-refractivity contribution is 0.171. The Kier molecular flexibility index (Phi) is 6.97. The molecule has 10 nitrogen and oxygen atoms in total. The second kappa shape index (κ2) is 10.5. The standard InChI is InChI=1S/C26H31N7O3/c1-18-5-4-6-19-17-22(26(34)27-23(18)19)24(25-28-29-30-33(25)15-16-35-2)32-13-11-31(12-14-32)20-7-9-21(36-3)10-8-20/h4-10,17,24H,11-16H2,1-3H3,(H,27,34)/t24-/m0/s1. The molecule has 1 aliphatic rings. The first kappa shape index (κ1) is 24.0. The molecule has 10 heteroatoms. The molecule has 1 atom stereocenters. The average molecular weight is 490 g/mol. The summed E-state index contributed by atoms with van der Waals surface area (Å²) in [6, 6.07) is 15.7. The molecule has 1 fully saturated rings. The highest BCUT2D eigenvalue weighted by atomic mass is 16.5.